The molecule has 4 nitrogen and oxygen atoms in total. The molecule has 1 atom stereocenters. The molecule has 1 aromatic heterocycles. The van der Waals surface area contributed by atoms with Gasteiger partial charge in [0.25, 0.3) is 0 Å². The van der Waals surface area contributed by atoms with Gasteiger partial charge in [0.05, 0.1) is 11.7 Å². The van der Waals surface area contributed by atoms with Crippen LogP contribution in [0.25, 0.3) is 0 Å². The molecule has 3 rings (SSSR count). The lowest BCUT2D eigenvalue weighted by atomic mass is 9.71. The van der Waals surface area contributed by atoms with E-state index in [0.717, 1.165) is 30.6 Å². The minimum absolute atomic E-state index is 0.158. The fourth-order valence-corrected chi connectivity index (χ4v) is 2.71. The fourth-order valence-electron chi connectivity index (χ4n) is 2.71. The van der Waals surface area contributed by atoms with Crippen LogP contribution in [0.15, 0.2) is 16.7 Å². The number of rotatable bonds is 0. The van der Waals surface area contributed by atoms with Crippen LogP contribution < -0.4 is 5.32 Å². The van der Waals surface area contributed by atoms with Crippen molar-refractivity contribution in [3.8, 4) is 0 Å². The van der Waals surface area contributed by atoms with Gasteiger partial charge in [-0.2, -0.15) is 0 Å². The van der Waals surface area contributed by atoms with Gasteiger partial charge in [-0.3, -0.25) is 14.9 Å². The molecule has 2 aliphatic rings. The number of nitrogens with one attached hydrogen (secondary N) is 1. The quantitative estimate of drug-likeness (QED) is 0.640. The van der Waals surface area contributed by atoms with Crippen molar-refractivity contribution in [1.29, 1.82) is 0 Å². The molecule has 1 aliphatic heterocycles. The summed E-state index contributed by atoms with van der Waals surface area (Å²) < 4.78 is 5.33. The molecule has 1 fully saturated rings. The first-order valence-electron chi connectivity index (χ1n) is 5.13. The van der Waals surface area contributed by atoms with Gasteiger partial charge in [0.15, 0.2) is 0 Å². The molecular weight excluding hydrogens is 194 g/mol. The zero-order chi connectivity index (χ0) is 10.5. The first kappa shape index (κ1) is 8.71. The van der Waals surface area contributed by atoms with Gasteiger partial charge in [-0.1, -0.05) is 0 Å². The highest BCUT2D eigenvalue weighted by molar-refractivity contribution is 6.09. The van der Waals surface area contributed by atoms with Gasteiger partial charge in [0.1, 0.15) is 5.76 Å². The summed E-state index contributed by atoms with van der Waals surface area (Å²) in [5, 5.41) is 2.39. The van der Waals surface area contributed by atoms with Gasteiger partial charge in [-0.25, -0.2) is 0 Å². The maximum absolute atomic E-state index is 11.8. The van der Waals surface area contributed by atoms with E-state index in [-0.39, 0.29) is 18.2 Å². The monoisotopic (exact) mass is 205 g/mol. The Balaban J connectivity index is 2.15. The van der Waals surface area contributed by atoms with E-state index in [9.17, 15) is 9.59 Å². The van der Waals surface area contributed by atoms with Crippen LogP contribution in [-0.4, -0.2) is 11.8 Å². The van der Waals surface area contributed by atoms with Crippen molar-refractivity contribution in [2.45, 2.75) is 31.1 Å². The Morgan fingerprint density at radius 3 is 3.00 bits per heavy atom. The molecule has 2 heterocycles. The molecule has 2 amide bonds. The zero-order valence-corrected chi connectivity index (χ0v) is 8.21. The van der Waals surface area contributed by atoms with Gasteiger partial charge >= 0.3 is 0 Å². The second-order valence-electron chi connectivity index (χ2n) is 4.25. The van der Waals surface area contributed by atoms with Crippen molar-refractivity contribution < 1.29 is 14.0 Å². The largest absolute Gasteiger partial charge is 0.469 e. The first-order valence-corrected chi connectivity index (χ1v) is 5.13. The van der Waals surface area contributed by atoms with Crippen LogP contribution >= 0.6 is 0 Å². The third-order valence-electron chi connectivity index (χ3n) is 3.42. The summed E-state index contributed by atoms with van der Waals surface area (Å²) in [6, 6.07) is 1.83. The molecule has 1 saturated heterocycles. The summed E-state index contributed by atoms with van der Waals surface area (Å²) in [5.74, 6) is 0.537. The molecule has 0 bridgehead atoms. The number of hydrogen-bond donors (Lipinski definition) is 1. The molecule has 0 radical (unpaired) electrons. The Morgan fingerprint density at radius 2 is 2.27 bits per heavy atom. The van der Waals surface area contributed by atoms with E-state index in [1.807, 2.05) is 6.07 Å². The highest BCUT2D eigenvalue weighted by Crippen LogP contribution is 2.43. The molecule has 1 N–H and O–H groups in total. The fraction of sp³-hybridized carbons (Fsp3) is 0.455. The smallest absolute Gasteiger partial charge is 0.237 e. The molecule has 78 valence electrons. The van der Waals surface area contributed by atoms with Gasteiger partial charge < -0.3 is 4.42 Å². The molecule has 1 unspecified atom stereocenters. The van der Waals surface area contributed by atoms with E-state index in [1.165, 1.54) is 0 Å². The van der Waals surface area contributed by atoms with Crippen LogP contribution in [0.2, 0.25) is 0 Å². The van der Waals surface area contributed by atoms with Gasteiger partial charge in [-0.15, -0.1) is 0 Å². The van der Waals surface area contributed by atoms with Crippen molar-refractivity contribution >= 4 is 11.8 Å². The van der Waals surface area contributed by atoms with Crippen molar-refractivity contribution in [3.63, 3.8) is 0 Å². The van der Waals surface area contributed by atoms with Gasteiger partial charge in [0.2, 0.25) is 11.8 Å². The van der Waals surface area contributed by atoms with E-state index >= 15 is 0 Å². The summed E-state index contributed by atoms with van der Waals surface area (Å²) in [6.07, 6.45) is 4.40. The summed E-state index contributed by atoms with van der Waals surface area (Å²) in [7, 11) is 0. The Bertz CT molecular complexity index is 448. The Kier molecular flexibility index (Phi) is 1.58. The molecule has 15 heavy (non-hydrogen) atoms. The number of hydrogen-bond acceptors (Lipinski definition) is 3. The average molecular weight is 205 g/mol. The number of fused-ring (bicyclic) bond motifs is 2. The summed E-state index contributed by atoms with van der Waals surface area (Å²) in [5.41, 5.74) is 0.287. The van der Waals surface area contributed by atoms with Crippen LogP contribution in [0, 0.1) is 0 Å². The van der Waals surface area contributed by atoms with E-state index in [2.05, 4.69) is 5.32 Å². The first-order chi connectivity index (χ1) is 7.22. The van der Waals surface area contributed by atoms with Crippen molar-refractivity contribution in [2.75, 3.05) is 0 Å². The van der Waals surface area contributed by atoms with E-state index in [0.29, 0.717) is 0 Å². The Labute approximate surface area is 86.6 Å². The minimum Gasteiger partial charge on any atom is -0.469 e. The van der Waals surface area contributed by atoms with Crippen LogP contribution in [0.5, 0.6) is 0 Å². The van der Waals surface area contributed by atoms with E-state index in [1.54, 1.807) is 6.26 Å². The van der Waals surface area contributed by atoms with Crippen LogP contribution in [0.3, 0.4) is 0 Å². The number of amides is 2. The summed E-state index contributed by atoms with van der Waals surface area (Å²) >= 11 is 0. The van der Waals surface area contributed by atoms with Gasteiger partial charge in [0, 0.05) is 18.4 Å². The highest BCUT2D eigenvalue weighted by Gasteiger charge is 2.50. The average Bonchev–Trinajstić information content (AvgIpc) is 2.74. The predicted molar refractivity (Wildman–Crippen MR) is 51.1 cm³/mol. The SMILES string of the molecule is O=C1CC2(CCCc3occc32)C(=O)N1. The number of imide groups is 1. The molecule has 1 spiro atoms. The molecule has 1 aromatic rings. The maximum atomic E-state index is 11.8. The number of aryl methyl sites for hydroxylation is 1. The molecular formula is C11H11NO3. The third kappa shape index (κ3) is 1.02. The lowest BCUT2D eigenvalue weighted by Gasteiger charge is -2.28. The second kappa shape index (κ2) is 2.72. The van der Waals surface area contributed by atoms with Gasteiger partial charge in [-0.05, 0) is 18.9 Å². The van der Waals surface area contributed by atoms with Crippen LogP contribution in [-0.2, 0) is 21.4 Å². The maximum Gasteiger partial charge on any atom is 0.237 e. The lowest BCUT2D eigenvalue weighted by Crippen LogP contribution is -2.38. The summed E-state index contributed by atoms with van der Waals surface area (Å²) in [6.45, 7) is 0. The third-order valence-corrected chi connectivity index (χ3v) is 3.42. The summed E-state index contributed by atoms with van der Waals surface area (Å²) in [4.78, 5) is 23.1. The number of furan rings is 1. The van der Waals surface area contributed by atoms with E-state index in [4.69, 9.17) is 4.42 Å². The number of carbonyl (C=O) groups excluding carboxylic acids is 2. The Hall–Kier alpha value is -1.58. The zero-order valence-electron chi connectivity index (χ0n) is 8.21. The topological polar surface area (TPSA) is 59.3 Å². The van der Waals surface area contributed by atoms with Crippen LogP contribution in [0.4, 0.5) is 0 Å². The predicted octanol–water partition coefficient (Wildman–Crippen LogP) is 0.900. The molecule has 1 aliphatic carbocycles. The normalized spacial score (nSPS) is 29.3. The molecule has 0 aromatic carbocycles. The minimum atomic E-state index is -0.627. The highest BCUT2D eigenvalue weighted by atomic mass is 16.3. The van der Waals surface area contributed by atoms with Crippen molar-refractivity contribution in [3.05, 3.63) is 23.7 Å². The Morgan fingerprint density at radius 1 is 1.40 bits per heavy atom. The lowest BCUT2D eigenvalue weighted by molar-refractivity contribution is -0.126. The van der Waals surface area contributed by atoms with Crippen molar-refractivity contribution in [1.82, 2.24) is 5.32 Å². The van der Waals surface area contributed by atoms with Crippen LogP contribution in [0.1, 0.15) is 30.6 Å². The standard InChI is InChI=1S/C11H11NO3/c13-9-6-11(10(14)12-9)4-1-2-8-7(11)3-5-15-8/h3,5H,1-2,4,6H2,(H,12,13,14). The molecule has 0 saturated carbocycles. The second-order valence-corrected chi connectivity index (χ2v) is 4.25. The molecule has 4 heteroatoms. The van der Waals surface area contributed by atoms with E-state index < -0.39 is 5.41 Å². The number of carbonyl (C=O) groups is 2. The van der Waals surface area contributed by atoms with Crippen molar-refractivity contribution in [2.24, 2.45) is 0 Å².